The number of fused-ring (bicyclic) bond motifs is 1. The van der Waals surface area contributed by atoms with Crippen molar-refractivity contribution in [3.8, 4) is 5.75 Å². The molecule has 0 amide bonds. The summed E-state index contributed by atoms with van der Waals surface area (Å²) in [6, 6.07) is 14.7. The molecule has 0 saturated heterocycles. The molecule has 1 aromatic heterocycles. The molecule has 3 aromatic rings. The van der Waals surface area contributed by atoms with Crippen LogP contribution in [0.2, 0.25) is 0 Å². The van der Waals surface area contributed by atoms with Gasteiger partial charge in [-0.05, 0) is 47.7 Å². The zero-order valence-electron chi connectivity index (χ0n) is 13.8. The van der Waals surface area contributed by atoms with E-state index < -0.39 is 0 Å². The van der Waals surface area contributed by atoms with Crippen molar-refractivity contribution in [2.24, 2.45) is 0 Å². The Kier molecular flexibility index (Phi) is 5.64. The lowest BCUT2D eigenvalue weighted by atomic mass is 10.2. The first kappa shape index (κ1) is 17.5. The zero-order valence-corrected chi connectivity index (χ0v) is 17.0. The molecular weight excluding hydrogens is 432 g/mol. The first-order chi connectivity index (χ1) is 11.5. The number of benzene rings is 2. The van der Waals surface area contributed by atoms with Crippen LogP contribution in [0, 0.1) is 0 Å². The Bertz CT molecular complexity index is 828. The number of rotatable bonds is 6. The lowest BCUT2D eigenvalue weighted by Gasteiger charge is -2.10. The molecule has 2 aromatic carbocycles. The van der Waals surface area contributed by atoms with Crippen molar-refractivity contribution in [1.29, 1.82) is 0 Å². The number of likely N-dealkylation sites (N-methyl/N-ethyl adjacent to an activating group) is 1. The van der Waals surface area contributed by atoms with Crippen LogP contribution in [0.3, 0.4) is 0 Å². The highest BCUT2D eigenvalue weighted by Crippen LogP contribution is 2.36. The van der Waals surface area contributed by atoms with E-state index in [1.165, 1.54) is 5.56 Å². The van der Waals surface area contributed by atoms with Crippen molar-refractivity contribution in [2.75, 3.05) is 27.2 Å². The number of ether oxygens (including phenoxy) is 1. The third-order valence-corrected chi connectivity index (χ3v) is 4.91. The van der Waals surface area contributed by atoms with Crippen LogP contribution in [0.5, 0.6) is 5.75 Å². The Morgan fingerprint density at radius 1 is 1.08 bits per heavy atom. The predicted molar refractivity (Wildman–Crippen MR) is 107 cm³/mol. The van der Waals surface area contributed by atoms with Crippen LogP contribution in [-0.2, 0) is 6.54 Å². The van der Waals surface area contributed by atoms with Gasteiger partial charge in [0.1, 0.15) is 12.4 Å². The van der Waals surface area contributed by atoms with E-state index >= 15 is 0 Å². The molecule has 3 rings (SSSR count). The quantitative estimate of drug-likeness (QED) is 0.515. The molecule has 0 unspecified atom stereocenters. The van der Waals surface area contributed by atoms with Gasteiger partial charge >= 0.3 is 0 Å². The maximum atomic E-state index is 6.05. The number of nitrogens with zero attached hydrogens (tertiary/aromatic N) is 2. The molecule has 0 N–H and O–H groups in total. The highest BCUT2D eigenvalue weighted by molar-refractivity contribution is 9.11. The van der Waals surface area contributed by atoms with Gasteiger partial charge in [-0.2, -0.15) is 0 Å². The summed E-state index contributed by atoms with van der Waals surface area (Å²) in [5.41, 5.74) is 2.42. The monoisotopic (exact) mass is 450 g/mol. The predicted octanol–water partition coefficient (Wildman–Crippen LogP) is 5.16. The van der Waals surface area contributed by atoms with Crippen molar-refractivity contribution < 1.29 is 4.74 Å². The average Bonchev–Trinajstić information content (AvgIpc) is 2.86. The Hall–Kier alpha value is -1.30. The van der Waals surface area contributed by atoms with E-state index in [4.69, 9.17) is 4.74 Å². The van der Waals surface area contributed by atoms with E-state index in [0.29, 0.717) is 6.61 Å². The van der Waals surface area contributed by atoms with Gasteiger partial charge in [0, 0.05) is 33.6 Å². The minimum atomic E-state index is 0.668. The molecule has 0 aliphatic rings. The molecule has 0 aliphatic heterocycles. The van der Waals surface area contributed by atoms with Gasteiger partial charge in [-0.25, -0.2) is 0 Å². The normalized spacial score (nSPS) is 11.4. The Morgan fingerprint density at radius 3 is 2.54 bits per heavy atom. The number of aromatic nitrogens is 1. The zero-order chi connectivity index (χ0) is 17.1. The second-order valence-electron chi connectivity index (χ2n) is 6.04. The molecule has 126 valence electrons. The maximum Gasteiger partial charge on any atom is 0.144 e. The summed E-state index contributed by atoms with van der Waals surface area (Å²) >= 11 is 7.28. The van der Waals surface area contributed by atoms with Crippen LogP contribution in [-0.4, -0.2) is 36.7 Å². The van der Waals surface area contributed by atoms with Crippen molar-refractivity contribution in [3.05, 3.63) is 63.2 Å². The van der Waals surface area contributed by atoms with E-state index in [2.05, 4.69) is 98.0 Å². The molecule has 5 heteroatoms. The van der Waals surface area contributed by atoms with Crippen LogP contribution in [0.15, 0.2) is 57.6 Å². The molecular formula is C19H20Br2N2O. The van der Waals surface area contributed by atoms with Crippen molar-refractivity contribution in [3.63, 3.8) is 0 Å². The first-order valence-electron chi connectivity index (χ1n) is 7.84. The van der Waals surface area contributed by atoms with E-state index in [9.17, 15) is 0 Å². The minimum Gasteiger partial charge on any atom is -0.490 e. The molecule has 0 aliphatic carbocycles. The Morgan fingerprint density at radius 2 is 1.83 bits per heavy atom. The molecule has 0 saturated carbocycles. The lowest BCUT2D eigenvalue weighted by molar-refractivity contribution is 0.263. The summed E-state index contributed by atoms with van der Waals surface area (Å²) in [5.74, 6) is 0.921. The molecule has 1 heterocycles. The van der Waals surface area contributed by atoms with Gasteiger partial charge in [-0.1, -0.05) is 46.3 Å². The lowest BCUT2D eigenvalue weighted by Crippen LogP contribution is -2.19. The van der Waals surface area contributed by atoms with Gasteiger partial charge in [0.25, 0.3) is 0 Å². The second-order valence-corrected chi connectivity index (χ2v) is 7.81. The largest absolute Gasteiger partial charge is 0.490 e. The summed E-state index contributed by atoms with van der Waals surface area (Å²) in [6.07, 6.45) is 2.10. The molecule has 0 atom stereocenters. The van der Waals surface area contributed by atoms with Gasteiger partial charge in [0.05, 0.1) is 5.52 Å². The van der Waals surface area contributed by atoms with E-state index in [-0.39, 0.29) is 0 Å². The molecule has 24 heavy (non-hydrogen) atoms. The summed E-state index contributed by atoms with van der Waals surface area (Å²) < 4.78 is 10.4. The maximum absolute atomic E-state index is 6.05. The van der Waals surface area contributed by atoms with Gasteiger partial charge in [0.15, 0.2) is 0 Å². The van der Waals surface area contributed by atoms with Crippen LogP contribution >= 0.6 is 31.9 Å². The standard InChI is InChI=1S/C19H20Br2N2O/c1-22(2)8-9-24-18-13-23(12-14-6-4-3-5-7-14)19-16(18)10-15(20)11-17(19)21/h3-7,10-11,13H,8-9,12H2,1-2H3. The minimum absolute atomic E-state index is 0.668. The number of hydrogen-bond donors (Lipinski definition) is 0. The van der Waals surface area contributed by atoms with Gasteiger partial charge in [-0.15, -0.1) is 0 Å². The SMILES string of the molecule is CN(C)CCOc1cn(Cc2ccccc2)c2c(Br)cc(Br)cc12. The fourth-order valence-electron chi connectivity index (χ4n) is 2.68. The van der Waals surface area contributed by atoms with Gasteiger partial charge in [0.2, 0.25) is 0 Å². The van der Waals surface area contributed by atoms with Crippen LogP contribution in [0.1, 0.15) is 5.56 Å². The molecule has 3 nitrogen and oxygen atoms in total. The molecule has 0 radical (unpaired) electrons. The van der Waals surface area contributed by atoms with E-state index in [0.717, 1.165) is 38.7 Å². The highest BCUT2D eigenvalue weighted by atomic mass is 79.9. The van der Waals surface area contributed by atoms with Crippen LogP contribution < -0.4 is 4.74 Å². The average molecular weight is 452 g/mol. The third-order valence-electron chi connectivity index (χ3n) is 3.85. The molecule has 0 spiro atoms. The fraction of sp³-hybridized carbons (Fsp3) is 0.263. The summed E-state index contributed by atoms with van der Waals surface area (Å²) in [4.78, 5) is 2.12. The van der Waals surface area contributed by atoms with Crippen molar-refractivity contribution >= 4 is 42.8 Å². The van der Waals surface area contributed by atoms with E-state index in [1.54, 1.807) is 0 Å². The van der Waals surface area contributed by atoms with Gasteiger partial charge in [-0.3, -0.25) is 0 Å². The first-order valence-corrected chi connectivity index (χ1v) is 9.42. The smallest absolute Gasteiger partial charge is 0.144 e. The molecule has 0 fully saturated rings. The van der Waals surface area contributed by atoms with Crippen molar-refractivity contribution in [2.45, 2.75) is 6.54 Å². The summed E-state index contributed by atoms with van der Waals surface area (Å²) in [5, 5.41) is 1.12. The molecule has 0 bridgehead atoms. The second kappa shape index (κ2) is 7.72. The third kappa shape index (κ3) is 4.02. The highest BCUT2D eigenvalue weighted by Gasteiger charge is 2.14. The van der Waals surface area contributed by atoms with Crippen LogP contribution in [0.4, 0.5) is 0 Å². The fourth-order valence-corrected chi connectivity index (χ4v) is 4.13. The van der Waals surface area contributed by atoms with Crippen molar-refractivity contribution in [1.82, 2.24) is 9.47 Å². The number of hydrogen-bond acceptors (Lipinski definition) is 2. The Labute approximate surface area is 159 Å². The summed E-state index contributed by atoms with van der Waals surface area (Å²) in [6.45, 7) is 2.37. The summed E-state index contributed by atoms with van der Waals surface area (Å²) in [7, 11) is 4.10. The topological polar surface area (TPSA) is 17.4 Å². The van der Waals surface area contributed by atoms with E-state index in [1.807, 2.05) is 6.07 Å². The van der Waals surface area contributed by atoms with Gasteiger partial charge < -0.3 is 14.2 Å². The number of halogens is 2. The van der Waals surface area contributed by atoms with Crippen LogP contribution in [0.25, 0.3) is 10.9 Å². The Balaban J connectivity index is 1.99.